The van der Waals surface area contributed by atoms with Crippen molar-refractivity contribution in [3.8, 4) is 0 Å². The van der Waals surface area contributed by atoms with Gasteiger partial charge in [-0.2, -0.15) is 8.42 Å². The number of benzene rings is 1. The summed E-state index contributed by atoms with van der Waals surface area (Å²) < 4.78 is 32.1. The number of nitrogens with one attached hydrogen (secondary N) is 2. The summed E-state index contributed by atoms with van der Waals surface area (Å²) in [6, 6.07) is 3.86. The van der Waals surface area contributed by atoms with Gasteiger partial charge in [0.15, 0.2) is 0 Å². The molecule has 0 atom stereocenters. The van der Waals surface area contributed by atoms with Crippen LogP contribution in [-0.2, 0) is 15.6 Å². The molecule has 7 nitrogen and oxygen atoms in total. The van der Waals surface area contributed by atoms with Gasteiger partial charge in [0.1, 0.15) is 0 Å². The van der Waals surface area contributed by atoms with Crippen molar-refractivity contribution in [2.45, 2.75) is 63.1 Å². The van der Waals surface area contributed by atoms with Crippen LogP contribution in [-0.4, -0.2) is 19.6 Å². The first-order valence-electron chi connectivity index (χ1n) is 9.41. The number of hydrogen-bond acceptors (Lipinski definition) is 5. The molecule has 0 bridgehead atoms. The van der Waals surface area contributed by atoms with Gasteiger partial charge in [0.2, 0.25) is 5.09 Å². The Hall–Kier alpha value is -2.03. The average molecular weight is 441 g/mol. The molecule has 0 spiro atoms. The number of furan rings is 1. The van der Waals surface area contributed by atoms with Crippen LogP contribution in [0, 0.1) is 0 Å². The van der Waals surface area contributed by atoms with Crippen molar-refractivity contribution in [2.75, 3.05) is 5.32 Å². The van der Waals surface area contributed by atoms with Crippen LogP contribution in [0.4, 0.5) is 10.5 Å². The first-order valence-corrected chi connectivity index (χ1v) is 11.3. The Balaban J connectivity index is 1.84. The van der Waals surface area contributed by atoms with Crippen molar-refractivity contribution in [1.82, 2.24) is 4.72 Å². The van der Waals surface area contributed by atoms with E-state index in [1.165, 1.54) is 12.3 Å². The van der Waals surface area contributed by atoms with E-state index in [2.05, 4.69) is 5.32 Å². The number of carbonyl (C=O) groups is 1. The molecule has 2 amide bonds. The summed E-state index contributed by atoms with van der Waals surface area (Å²) in [4.78, 5) is 12.5. The molecule has 29 heavy (non-hydrogen) atoms. The molecule has 1 saturated carbocycles. The zero-order valence-electron chi connectivity index (χ0n) is 16.7. The highest BCUT2D eigenvalue weighted by molar-refractivity contribution is 7.89. The minimum atomic E-state index is -4.23. The summed E-state index contributed by atoms with van der Waals surface area (Å²) in [5.74, 6) is 0.120. The molecule has 3 rings (SSSR count). The first kappa shape index (κ1) is 21.7. The summed E-state index contributed by atoms with van der Waals surface area (Å²) in [5.41, 5.74) is 1.52. The molecule has 9 heteroatoms. The molecule has 0 saturated heterocycles. The Morgan fingerprint density at radius 1 is 1.14 bits per heavy atom. The Bertz CT molecular complexity index is 1010. The number of sulfonamides is 1. The molecule has 1 fully saturated rings. The van der Waals surface area contributed by atoms with Crippen molar-refractivity contribution in [3.05, 3.63) is 46.2 Å². The lowest BCUT2D eigenvalue weighted by atomic mass is 9.92. The van der Waals surface area contributed by atoms with Crippen LogP contribution in [0.15, 0.2) is 34.0 Å². The molecule has 1 aliphatic rings. The van der Waals surface area contributed by atoms with Crippen LogP contribution in [0.25, 0.3) is 0 Å². The van der Waals surface area contributed by atoms with E-state index >= 15 is 0 Å². The number of aliphatic hydroxyl groups is 1. The SMILES string of the molecule is CC(C)c1cc(Cl)cc(C(C)C)c1NC(=O)NS(=O)(=O)c1cc(C2(O)CC2)co1. The lowest BCUT2D eigenvalue weighted by Crippen LogP contribution is -2.34. The molecule has 0 aliphatic heterocycles. The van der Waals surface area contributed by atoms with E-state index in [1.807, 2.05) is 32.4 Å². The molecule has 1 heterocycles. The van der Waals surface area contributed by atoms with E-state index in [9.17, 15) is 18.3 Å². The third-order valence-electron chi connectivity index (χ3n) is 4.97. The number of rotatable bonds is 6. The maximum absolute atomic E-state index is 12.5. The van der Waals surface area contributed by atoms with Crippen molar-refractivity contribution in [3.63, 3.8) is 0 Å². The van der Waals surface area contributed by atoms with Gasteiger partial charge < -0.3 is 14.8 Å². The van der Waals surface area contributed by atoms with Gasteiger partial charge in [0.25, 0.3) is 10.0 Å². The molecule has 1 aliphatic carbocycles. The lowest BCUT2D eigenvalue weighted by Gasteiger charge is -2.21. The average Bonchev–Trinajstić information content (AvgIpc) is 3.15. The summed E-state index contributed by atoms with van der Waals surface area (Å²) in [6.07, 6.45) is 2.30. The topological polar surface area (TPSA) is 109 Å². The quantitative estimate of drug-likeness (QED) is 0.604. The number of halogens is 1. The Morgan fingerprint density at radius 2 is 1.69 bits per heavy atom. The molecule has 3 N–H and O–H groups in total. The third-order valence-corrected chi connectivity index (χ3v) is 6.39. The van der Waals surface area contributed by atoms with E-state index in [0.29, 0.717) is 29.1 Å². The fourth-order valence-electron chi connectivity index (χ4n) is 3.12. The predicted molar refractivity (Wildman–Crippen MR) is 111 cm³/mol. The standard InChI is InChI=1S/C20H25ClN2O5S/c1-11(2)15-8-14(21)9-16(12(3)4)18(15)22-19(24)23-29(26,27)17-7-13(10-28-17)20(25)5-6-20/h7-12,25H,5-6H2,1-4H3,(H2,22,23,24). The highest BCUT2D eigenvalue weighted by atomic mass is 35.5. The van der Waals surface area contributed by atoms with Gasteiger partial charge in [-0.3, -0.25) is 0 Å². The molecular weight excluding hydrogens is 416 g/mol. The van der Waals surface area contributed by atoms with Gasteiger partial charge in [-0.1, -0.05) is 39.3 Å². The van der Waals surface area contributed by atoms with E-state index in [0.717, 1.165) is 11.1 Å². The van der Waals surface area contributed by atoms with Crippen LogP contribution >= 0.6 is 11.6 Å². The maximum Gasteiger partial charge on any atom is 0.333 e. The predicted octanol–water partition coefficient (Wildman–Crippen LogP) is 4.67. The van der Waals surface area contributed by atoms with E-state index in [-0.39, 0.29) is 11.8 Å². The van der Waals surface area contributed by atoms with E-state index in [1.54, 1.807) is 12.1 Å². The van der Waals surface area contributed by atoms with Gasteiger partial charge in [-0.25, -0.2) is 9.52 Å². The minimum absolute atomic E-state index is 0.0602. The fraction of sp³-hybridized carbons (Fsp3) is 0.450. The molecular formula is C20H25ClN2O5S. The largest absolute Gasteiger partial charge is 0.451 e. The highest BCUT2D eigenvalue weighted by Crippen LogP contribution is 2.46. The summed E-state index contributed by atoms with van der Waals surface area (Å²) in [5, 5.41) is 12.9. The van der Waals surface area contributed by atoms with Crippen LogP contribution in [0.1, 0.15) is 69.1 Å². The zero-order chi connectivity index (χ0) is 21.6. The van der Waals surface area contributed by atoms with Gasteiger partial charge in [-0.15, -0.1) is 0 Å². The number of hydrogen-bond donors (Lipinski definition) is 3. The normalized spacial score (nSPS) is 15.6. The smallest absolute Gasteiger partial charge is 0.333 e. The zero-order valence-corrected chi connectivity index (χ0v) is 18.3. The number of anilines is 1. The van der Waals surface area contributed by atoms with Crippen LogP contribution < -0.4 is 10.0 Å². The van der Waals surface area contributed by atoms with Crippen molar-refractivity contribution in [1.29, 1.82) is 0 Å². The van der Waals surface area contributed by atoms with Gasteiger partial charge >= 0.3 is 6.03 Å². The second-order valence-corrected chi connectivity index (χ2v) is 10.1. The number of carbonyl (C=O) groups excluding carboxylic acids is 1. The minimum Gasteiger partial charge on any atom is -0.451 e. The monoisotopic (exact) mass is 440 g/mol. The third kappa shape index (κ3) is 4.60. The van der Waals surface area contributed by atoms with Gasteiger partial charge in [0.05, 0.1) is 11.9 Å². The Kier molecular flexibility index (Phi) is 5.73. The van der Waals surface area contributed by atoms with E-state index in [4.69, 9.17) is 16.0 Å². The molecule has 1 aromatic carbocycles. The summed E-state index contributed by atoms with van der Waals surface area (Å²) in [7, 11) is -4.23. The molecule has 0 unspecified atom stereocenters. The van der Waals surface area contributed by atoms with E-state index < -0.39 is 26.7 Å². The molecule has 2 aromatic rings. The maximum atomic E-state index is 12.5. The first-order chi connectivity index (χ1) is 13.4. The number of urea groups is 1. The fourth-order valence-corrected chi connectivity index (χ4v) is 4.21. The van der Waals surface area contributed by atoms with Crippen molar-refractivity contribution in [2.24, 2.45) is 0 Å². The summed E-state index contributed by atoms with van der Waals surface area (Å²) in [6.45, 7) is 7.84. The van der Waals surface area contributed by atoms with Crippen molar-refractivity contribution >= 4 is 33.3 Å². The Labute approximate surface area is 175 Å². The molecule has 0 radical (unpaired) electrons. The summed E-state index contributed by atoms with van der Waals surface area (Å²) >= 11 is 6.22. The second kappa shape index (κ2) is 7.66. The molecule has 1 aromatic heterocycles. The van der Waals surface area contributed by atoms with Gasteiger partial charge in [0, 0.05) is 22.3 Å². The van der Waals surface area contributed by atoms with Crippen LogP contribution in [0.2, 0.25) is 5.02 Å². The number of amides is 2. The second-order valence-electron chi connectivity index (χ2n) is 8.01. The highest BCUT2D eigenvalue weighted by Gasteiger charge is 2.44. The van der Waals surface area contributed by atoms with Crippen LogP contribution in [0.3, 0.4) is 0 Å². The molecule has 158 valence electrons. The Morgan fingerprint density at radius 3 is 2.17 bits per heavy atom. The van der Waals surface area contributed by atoms with Crippen LogP contribution in [0.5, 0.6) is 0 Å². The lowest BCUT2D eigenvalue weighted by molar-refractivity contribution is 0.150. The van der Waals surface area contributed by atoms with Crippen molar-refractivity contribution < 1.29 is 22.7 Å². The van der Waals surface area contributed by atoms with Gasteiger partial charge in [-0.05, 0) is 47.9 Å².